The van der Waals surface area contributed by atoms with Gasteiger partial charge in [0.2, 0.25) is 0 Å². The average Bonchev–Trinajstić information content (AvgIpc) is 2.06. The standard InChI is InChI=1S/C10H13NS/c1-8(10(11)12)7-9-5-3-2-4-6-9/h2-6,8H,7H2,1H3,(H2,11,12). The van der Waals surface area contributed by atoms with Crippen LogP contribution in [-0.4, -0.2) is 4.99 Å². The van der Waals surface area contributed by atoms with Gasteiger partial charge in [-0.05, 0) is 12.0 Å². The number of benzene rings is 1. The van der Waals surface area contributed by atoms with Crippen molar-refractivity contribution < 1.29 is 0 Å². The maximum absolute atomic E-state index is 5.52. The third-order valence-electron chi connectivity index (χ3n) is 1.87. The summed E-state index contributed by atoms with van der Waals surface area (Å²) in [6.07, 6.45) is 0.941. The molecule has 0 amide bonds. The van der Waals surface area contributed by atoms with Crippen molar-refractivity contribution in [2.45, 2.75) is 13.3 Å². The Morgan fingerprint density at radius 2 is 2.00 bits per heavy atom. The Kier molecular flexibility index (Phi) is 3.23. The third kappa shape index (κ3) is 2.62. The first-order valence-electron chi connectivity index (χ1n) is 4.03. The van der Waals surface area contributed by atoms with Gasteiger partial charge in [0.05, 0.1) is 4.99 Å². The van der Waals surface area contributed by atoms with E-state index in [0.717, 1.165) is 6.42 Å². The largest absolute Gasteiger partial charge is 0.393 e. The molecule has 0 saturated heterocycles. The smallest absolute Gasteiger partial charge is 0.0759 e. The minimum atomic E-state index is 0.294. The van der Waals surface area contributed by atoms with Crippen LogP contribution in [0, 0.1) is 5.92 Å². The van der Waals surface area contributed by atoms with Gasteiger partial charge in [0.15, 0.2) is 0 Å². The molecule has 0 saturated carbocycles. The summed E-state index contributed by atoms with van der Waals surface area (Å²) in [5.41, 5.74) is 6.80. The Morgan fingerprint density at radius 1 is 1.42 bits per heavy atom. The predicted octanol–water partition coefficient (Wildman–Crippen LogP) is 2.15. The molecule has 0 aliphatic carbocycles. The quantitative estimate of drug-likeness (QED) is 0.719. The second-order valence-electron chi connectivity index (χ2n) is 2.99. The molecule has 1 unspecified atom stereocenters. The van der Waals surface area contributed by atoms with Crippen LogP contribution >= 0.6 is 12.2 Å². The zero-order chi connectivity index (χ0) is 8.97. The SMILES string of the molecule is CC(Cc1ccccc1)C(N)=S. The predicted molar refractivity (Wildman–Crippen MR) is 56.1 cm³/mol. The number of rotatable bonds is 3. The summed E-state index contributed by atoms with van der Waals surface area (Å²) in [5, 5.41) is 0. The van der Waals surface area contributed by atoms with Crippen LogP contribution in [0.3, 0.4) is 0 Å². The van der Waals surface area contributed by atoms with E-state index in [1.807, 2.05) is 18.2 Å². The lowest BCUT2D eigenvalue weighted by Gasteiger charge is -2.08. The highest BCUT2D eigenvalue weighted by Gasteiger charge is 2.04. The fraction of sp³-hybridized carbons (Fsp3) is 0.300. The van der Waals surface area contributed by atoms with E-state index in [1.165, 1.54) is 5.56 Å². The molecule has 64 valence electrons. The number of thiocarbonyl (C=S) groups is 1. The van der Waals surface area contributed by atoms with Gasteiger partial charge in [-0.25, -0.2) is 0 Å². The summed E-state index contributed by atoms with van der Waals surface area (Å²) < 4.78 is 0. The molecule has 0 aliphatic rings. The van der Waals surface area contributed by atoms with E-state index in [-0.39, 0.29) is 0 Å². The summed E-state index contributed by atoms with van der Waals surface area (Å²) in [4.78, 5) is 0.596. The maximum Gasteiger partial charge on any atom is 0.0759 e. The zero-order valence-corrected chi connectivity index (χ0v) is 7.97. The Bertz CT molecular complexity index is 256. The van der Waals surface area contributed by atoms with Crippen molar-refractivity contribution in [3.8, 4) is 0 Å². The monoisotopic (exact) mass is 179 g/mol. The van der Waals surface area contributed by atoms with E-state index in [1.54, 1.807) is 0 Å². The van der Waals surface area contributed by atoms with Crippen molar-refractivity contribution in [3.63, 3.8) is 0 Å². The van der Waals surface area contributed by atoms with Crippen LogP contribution in [0.2, 0.25) is 0 Å². The molecule has 12 heavy (non-hydrogen) atoms. The second kappa shape index (κ2) is 4.21. The van der Waals surface area contributed by atoms with Gasteiger partial charge < -0.3 is 5.73 Å². The first-order chi connectivity index (χ1) is 5.70. The van der Waals surface area contributed by atoms with E-state index in [0.29, 0.717) is 10.9 Å². The van der Waals surface area contributed by atoms with E-state index in [2.05, 4.69) is 19.1 Å². The average molecular weight is 179 g/mol. The van der Waals surface area contributed by atoms with Gasteiger partial charge in [-0.3, -0.25) is 0 Å². The Morgan fingerprint density at radius 3 is 2.50 bits per heavy atom. The molecule has 1 rings (SSSR count). The Labute approximate surface area is 78.6 Å². The lowest BCUT2D eigenvalue weighted by Crippen LogP contribution is -2.20. The fourth-order valence-corrected chi connectivity index (χ4v) is 1.15. The van der Waals surface area contributed by atoms with Gasteiger partial charge in [0.25, 0.3) is 0 Å². The Hall–Kier alpha value is -0.890. The Balaban J connectivity index is 2.58. The second-order valence-corrected chi connectivity index (χ2v) is 3.46. The molecular formula is C10H13NS. The highest BCUT2D eigenvalue weighted by Crippen LogP contribution is 2.07. The molecule has 1 nitrogen and oxygen atoms in total. The van der Waals surface area contributed by atoms with Crippen molar-refractivity contribution >= 4 is 17.2 Å². The highest BCUT2D eigenvalue weighted by molar-refractivity contribution is 7.80. The van der Waals surface area contributed by atoms with Crippen LogP contribution in [0.25, 0.3) is 0 Å². The fourth-order valence-electron chi connectivity index (χ4n) is 1.07. The molecule has 0 radical (unpaired) electrons. The minimum absolute atomic E-state index is 0.294. The number of hydrogen-bond donors (Lipinski definition) is 1. The first-order valence-corrected chi connectivity index (χ1v) is 4.44. The zero-order valence-electron chi connectivity index (χ0n) is 7.16. The van der Waals surface area contributed by atoms with Crippen LogP contribution in [0.15, 0.2) is 30.3 Å². The topological polar surface area (TPSA) is 26.0 Å². The summed E-state index contributed by atoms with van der Waals surface area (Å²) >= 11 is 4.90. The van der Waals surface area contributed by atoms with Gasteiger partial charge in [-0.1, -0.05) is 49.5 Å². The number of nitrogens with two attached hydrogens (primary N) is 1. The molecule has 1 aromatic carbocycles. The van der Waals surface area contributed by atoms with Gasteiger partial charge in [-0.2, -0.15) is 0 Å². The van der Waals surface area contributed by atoms with Gasteiger partial charge in [0, 0.05) is 5.92 Å². The summed E-state index contributed by atoms with van der Waals surface area (Å²) in [6, 6.07) is 10.3. The van der Waals surface area contributed by atoms with Crippen molar-refractivity contribution in [2.75, 3.05) is 0 Å². The highest BCUT2D eigenvalue weighted by atomic mass is 32.1. The maximum atomic E-state index is 5.52. The molecule has 0 spiro atoms. The molecule has 0 bridgehead atoms. The van der Waals surface area contributed by atoms with Crippen LogP contribution in [-0.2, 0) is 6.42 Å². The van der Waals surface area contributed by atoms with E-state index in [4.69, 9.17) is 18.0 Å². The molecule has 0 heterocycles. The van der Waals surface area contributed by atoms with Crippen molar-refractivity contribution in [1.82, 2.24) is 0 Å². The van der Waals surface area contributed by atoms with E-state index in [9.17, 15) is 0 Å². The van der Waals surface area contributed by atoms with E-state index >= 15 is 0 Å². The van der Waals surface area contributed by atoms with Gasteiger partial charge in [-0.15, -0.1) is 0 Å². The summed E-state index contributed by atoms with van der Waals surface area (Å²) in [7, 11) is 0. The van der Waals surface area contributed by atoms with Crippen molar-refractivity contribution in [3.05, 3.63) is 35.9 Å². The van der Waals surface area contributed by atoms with Crippen LogP contribution in [0.5, 0.6) is 0 Å². The van der Waals surface area contributed by atoms with Crippen LogP contribution < -0.4 is 5.73 Å². The molecule has 1 aromatic rings. The normalized spacial score (nSPS) is 12.4. The van der Waals surface area contributed by atoms with Gasteiger partial charge >= 0.3 is 0 Å². The van der Waals surface area contributed by atoms with Gasteiger partial charge in [0.1, 0.15) is 0 Å². The molecular weight excluding hydrogens is 166 g/mol. The molecule has 2 N–H and O–H groups in total. The first kappa shape index (κ1) is 9.20. The lowest BCUT2D eigenvalue weighted by molar-refractivity contribution is 0.771. The van der Waals surface area contributed by atoms with Crippen molar-refractivity contribution in [1.29, 1.82) is 0 Å². The lowest BCUT2D eigenvalue weighted by atomic mass is 10.0. The van der Waals surface area contributed by atoms with Crippen LogP contribution in [0.4, 0.5) is 0 Å². The molecule has 0 aliphatic heterocycles. The summed E-state index contributed by atoms with van der Waals surface area (Å²) in [6.45, 7) is 2.05. The molecule has 1 atom stereocenters. The summed E-state index contributed by atoms with van der Waals surface area (Å²) in [5.74, 6) is 0.294. The number of hydrogen-bond acceptors (Lipinski definition) is 1. The van der Waals surface area contributed by atoms with E-state index < -0.39 is 0 Å². The van der Waals surface area contributed by atoms with Crippen molar-refractivity contribution in [2.24, 2.45) is 11.7 Å². The molecule has 0 fully saturated rings. The third-order valence-corrected chi connectivity index (χ3v) is 2.27. The molecule has 0 aromatic heterocycles. The minimum Gasteiger partial charge on any atom is -0.393 e. The van der Waals surface area contributed by atoms with Crippen LogP contribution in [0.1, 0.15) is 12.5 Å². The molecule has 2 heteroatoms.